The molecule has 2 aromatic heterocycles. The van der Waals surface area contributed by atoms with Crippen LogP contribution in [0.1, 0.15) is 16.2 Å². The number of nitrogens with one attached hydrogen (secondary N) is 1. The molecule has 0 aliphatic heterocycles. The van der Waals surface area contributed by atoms with Gasteiger partial charge in [0.25, 0.3) is 5.91 Å². The molecule has 0 unspecified atom stereocenters. The molecule has 7 nitrogen and oxygen atoms in total. The van der Waals surface area contributed by atoms with Gasteiger partial charge < -0.3 is 10.1 Å². The van der Waals surface area contributed by atoms with Crippen molar-refractivity contribution in [3.63, 3.8) is 0 Å². The lowest BCUT2D eigenvalue weighted by atomic mass is 10.2. The molecule has 1 amide bonds. The molecule has 30 heavy (non-hydrogen) atoms. The van der Waals surface area contributed by atoms with Gasteiger partial charge in [0.1, 0.15) is 28.8 Å². The Morgan fingerprint density at radius 2 is 1.73 bits per heavy atom. The van der Waals surface area contributed by atoms with E-state index in [4.69, 9.17) is 4.74 Å². The molecule has 150 valence electrons. The van der Waals surface area contributed by atoms with Crippen LogP contribution in [-0.4, -0.2) is 25.7 Å². The second-order valence-electron chi connectivity index (χ2n) is 6.25. The number of carbonyl (C=O) groups is 1. The fourth-order valence-corrected chi connectivity index (χ4v) is 2.75. The van der Waals surface area contributed by atoms with Crippen molar-refractivity contribution in [1.29, 1.82) is 0 Å². The molecule has 2 heterocycles. The van der Waals surface area contributed by atoms with Crippen LogP contribution in [0.5, 0.6) is 11.6 Å². The molecule has 0 aliphatic rings. The summed E-state index contributed by atoms with van der Waals surface area (Å²) >= 11 is 0. The average molecular weight is 407 g/mol. The van der Waals surface area contributed by atoms with Gasteiger partial charge in [-0.3, -0.25) is 9.36 Å². The van der Waals surface area contributed by atoms with Crippen LogP contribution in [0.4, 0.5) is 14.5 Å². The summed E-state index contributed by atoms with van der Waals surface area (Å²) in [7, 11) is 0. The highest BCUT2D eigenvalue weighted by atomic mass is 19.1. The summed E-state index contributed by atoms with van der Waals surface area (Å²) in [6, 6.07) is 12.9. The molecule has 0 radical (unpaired) electrons. The third-order valence-electron chi connectivity index (χ3n) is 4.22. The monoisotopic (exact) mass is 407 g/mol. The van der Waals surface area contributed by atoms with E-state index in [1.165, 1.54) is 6.07 Å². The molecule has 9 heteroatoms. The fourth-order valence-electron chi connectivity index (χ4n) is 2.75. The van der Waals surface area contributed by atoms with Gasteiger partial charge in [-0.05, 0) is 49.4 Å². The van der Waals surface area contributed by atoms with Crippen molar-refractivity contribution in [2.45, 2.75) is 6.92 Å². The Morgan fingerprint density at radius 1 is 1.00 bits per heavy atom. The number of benzene rings is 2. The summed E-state index contributed by atoms with van der Waals surface area (Å²) in [6.07, 6.45) is 3.45. The number of hydrogen-bond donors (Lipinski definition) is 1. The first kappa shape index (κ1) is 19.2. The van der Waals surface area contributed by atoms with Crippen LogP contribution in [0, 0.1) is 18.6 Å². The predicted molar refractivity (Wildman–Crippen MR) is 105 cm³/mol. The molecular weight excluding hydrogens is 392 g/mol. The van der Waals surface area contributed by atoms with Crippen molar-refractivity contribution in [2.75, 3.05) is 5.32 Å². The van der Waals surface area contributed by atoms with Crippen molar-refractivity contribution in [2.24, 2.45) is 0 Å². The maximum Gasteiger partial charge on any atom is 0.261 e. The SMILES string of the molecule is Cc1nccn1-c1ccc(Oc2ccc(NC(=O)c3c(F)cccc3F)cc2)nn1. The Labute approximate surface area is 170 Å². The molecule has 0 aliphatic carbocycles. The third-order valence-corrected chi connectivity index (χ3v) is 4.22. The number of aromatic nitrogens is 4. The quantitative estimate of drug-likeness (QED) is 0.534. The summed E-state index contributed by atoms with van der Waals surface area (Å²) < 4.78 is 34.8. The number of anilines is 1. The van der Waals surface area contributed by atoms with Gasteiger partial charge in [0.05, 0.1) is 0 Å². The first-order valence-corrected chi connectivity index (χ1v) is 8.88. The zero-order valence-electron chi connectivity index (χ0n) is 15.7. The number of amides is 1. The van der Waals surface area contributed by atoms with Gasteiger partial charge in [-0.2, -0.15) is 0 Å². The van der Waals surface area contributed by atoms with E-state index in [0.29, 0.717) is 17.3 Å². The van der Waals surface area contributed by atoms with Crippen molar-refractivity contribution >= 4 is 11.6 Å². The lowest BCUT2D eigenvalue weighted by Crippen LogP contribution is -2.15. The molecule has 0 fully saturated rings. The van der Waals surface area contributed by atoms with Crippen LogP contribution in [0.25, 0.3) is 5.82 Å². The Hall–Kier alpha value is -4.14. The molecule has 0 bridgehead atoms. The van der Waals surface area contributed by atoms with Gasteiger partial charge in [-0.25, -0.2) is 13.8 Å². The highest BCUT2D eigenvalue weighted by Crippen LogP contribution is 2.22. The van der Waals surface area contributed by atoms with Gasteiger partial charge >= 0.3 is 0 Å². The van der Waals surface area contributed by atoms with Gasteiger partial charge in [0, 0.05) is 24.1 Å². The minimum Gasteiger partial charge on any atom is -0.438 e. The second-order valence-corrected chi connectivity index (χ2v) is 6.25. The third kappa shape index (κ3) is 4.00. The molecule has 2 aromatic carbocycles. The van der Waals surface area contributed by atoms with Crippen LogP contribution >= 0.6 is 0 Å². The Morgan fingerprint density at radius 3 is 2.33 bits per heavy atom. The van der Waals surface area contributed by atoms with Gasteiger partial charge in [-0.15, -0.1) is 10.2 Å². The van der Waals surface area contributed by atoms with E-state index in [9.17, 15) is 13.6 Å². The molecule has 0 atom stereocenters. The summed E-state index contributed by atoms with van der Waals surface area (Å²) in [5.41, 5.74) is -0.284. The zero-order valence-corrected chi connectivity index (χ0v) is 15.7. The summed E-state index contributed by atoms with van der Waals surface area (Å²) in [6.45, 7) is 1.85. The smallest absolute Gasteiger partial charge is 0.261 e. The van der Waals surface area contributed by atoms with Gasteiger partial charge in [0.2, 0.25) is 5.88 Å². The number of nitrogens with zero attached hydrogens (tertiary/aromatic N) is 4. The number of hydrogen-bond acceptors (Lipinski definition) is 5. The molecule has 0 saturated carbocycles. The minimum absolute atomic E-state index is 0.279. The lowest BCUT2D eigenvalue weighted by Gasteiger charge is -2.09. The first-order valence-electron chi connectivity index (χ1n) is 8.88. The van der Waals surface area contributed by atoms with Gasteiger partial charge in [0.15, 0.2) is 5.82 Å². The number of halogens is 2. The normalized spacial score (nSPS) is 10.6. The Kier molecular flexibility index (Phi) is 5.17. The van der Waals surface area contributed by atoms with Crippen molar-refractivity contribution in [1.82, 2.24) is 19.7 Å². The first-order chi connectivity index (χ1) is 14.5. The highest BCUT2D eigenvalue weighted by molar-refractivity contribution is 6.04. The topological polar surface area (TPSA) is 81.9 Å². The lowest BCUT2D eigenvalue weighted by molar-refractivity contribution is 0.101. The molecule has 4 rings (SSSR count). The second kappa shape index (κ2) is 8.08. The van der Waals surface area contributed by atoms with Crippen LogP contribution in [0.3, 0.4) is 0 Å². The molecule has 0 saturated heterocycles. The number of aryl methyl sites for hydroxylation is 1. The van der Waals surface area contributed by atoms with E-state index in [0.717, 1.165) is 18.0 Å². The van der Waals surface area contributed by atoms with Crippen molar-refractivity contribution in [3.05, 3.63) is 90.0 Å². The standard InChI is InChI=1S/C21H15F2N5O2/c1-13-24-11-12-28(13)18-9-10-19(27-26-18)30-15-7-5-14(6-8-15)25-21(29)20-16(22)3-2-4-17(20)23/h2-12H,1H3,(H,25,29). The number of carbonyl (C=O) groups excluding carboxylic acids is 1. The summed E-state index contributed by atoms with van der Waals surface area (Å²) in [4.78, 5) is 16.3. The van der Waals surface area contributed by atoms with E-state index in [1.807, 2.05) is 6.92 Å². The number of imidazole rings is 1. The van der Waals surface area contributed by atoms with Gasteiger partial charge in [-0.1, -0.05) is 6.07 Å². The van der Waals surface area contributed by atoms with E-state index in [-0.39, 0.29) is 5.88 Å². The maximum absolute atomic E-state index is 13.7. The predicted octanol–water partition coefficient (Wildman–Crippen LogP) is 4.29. The maximum atomic E-state index is 13.7. The van der Waals surface area contributed by atoms with Crippen LogP contribution in [0.15, 0.2) is 67.0 Å². The Balaban J connectivity index is 1.43. The molecular formula is C21H15F2N5O2. The summed E-state index contributed by atoms with van der Waals surface area (Å²) in [5.74, 6) is -0.620. The van der Waals surface area contributed by atoms with E-state index < -0.39 is 23.1 Å². The molecule has 1 N–H and O–H groups in total. The minimum atomic E-state index is -0.930. The zero-order chi connectivity index (χ0) is 21.1. The van der Waals surface area contributed by atoms with E-state index >= 15 is 0 Å². The van der Waals surface area contributed by atoms with E-state index in [1.54, 1.807) is 53.4 Å². The van der Waals surface area contributed by atoms with Crippen molar-refractivity contribution < 1.29 is 18.3 Å². The largest absolute Gasteiger partial charge is 0.438 e. The Bertz CT molecular complexity index is 1170. The number of ether oxygens (including phenoxy) is 1. The number of rotatable bonds is 5. The fraction of sp³-hybridized carbons (Fsp3) is 0.0476. The summed E-state index contributed by atoms with van der Waals surface area (Å²) in [5, 5.41) is 10.6. The molecule has 0 spiro atoms. The average Bonchev–Trinajstić information content (AvgIpc) is 3.16. The van der Waals surface area contributed by atoms with Crippen LogP contribution in [-0.2, 0) is 0 Å². The van der Waals surface area contributed by atoms with E-state index in [2.05, 4.69) is 20.5 Å². The van der Waals surface area contributed by atoms with Crippen LogP contribution < -0.4 is 10.1 Å². The molecule has 4 aromatic rings. The van der Waals surface area contributed by atoms with Crippen LogP contribution in [0.2, 0.25) is 0 Å². The highest BCUT2D eigenvalue weighted by Gasteiger charge is 2.17. The van der Waals surface area contributed by atoms with Crippen molar-refractivity contribution in [3.8, 4) is 17.4 Å².